The smallest absolute Gasteiger partial charge is 0.313 e. The Balaban J connectivity index is 2.91. The van der Waals surface area contributed by atoms with Crippen molar-refractivity contribution in [3.63, 3.8) is 0 Å². The summed E-state index contributed by atoms with van der Waals surface area (Å²) in [4.78, 5) is 11.6. The van der Waals surface area contributed by atoms with Crippen LogP contribution in [0.4, 0.5) is 0 Å². The van der Waals surface area contributed by atoms with Gasteiger partial charge in [-0.1, -0.05) is 18.2 Å². The number of hydrogen-bond donors (Lipinski definition) is 0. The summed E-state index contributed by atoms with van der Waals surface area (Å²) < 4.78 is 9.82. The molecule has 0 aromatic heterocycles. The van der Waals surface area contributed by atoms with Crippen molar-refractivity contribution in [2.24, 2.45) is 0 Å². The van der Waals surface area contributed by atoms with Gasteiger partial charge in [0.25, 0.3) is 0 Å². The Morgan fingerprint density at radius 1 is 1.38 bits per heavy atom. The third kappa shape index (κ3) is 2.86. The molecule has 0 amide bonds. The molecule has 3 heteroatoms. The highest BCUT2D eigenvalue weighted by molar-refractivity contribution is 5.78. The minimum absolute atomic E-state index is 0.245. The van der Waals surface area contributed by atoms with Crippen LogP contribution in [-0.2, 0) is 9.53 Å². The highest BCUT2D eigenvalue weighted by Crippen LogP contribution is 2.23. The lowest BCUT2D eigenvalue weighted by molar-refractivity contribution is -0.142. The van der Waals surface area contributed by atoms with E-state index < -0.39 is 0 Å². The quantitative estimate of drug-likeness (QED) is 0.565. The standard InChI is InChI=1S/C13H16O3/c1-4-5-12(13(14)16-3)10-6-8-11(15-2)9-7-10/h4,6-9,12H,1,5H2,2-3H3. The van der Waals surface area contributed by atoms with Gasteiger partial charge in [0.05, 0.1) is 20.1 Å². The number of carbonyl (C=O) groups is 1. The summed E-state index contributed by atoms with van der Waals surface area (Å²) in [5.74, 6) is 0.240. The van der Waals surface area contributed by atoms with Crippen LogP contribution in [-0.4, -0.2) is 20.2 Å². The van der Waals surface area contributed by atoms with Gasteiger partial charge in [-0.25, -0.2) is 0 Å². The molecule has 3 nitrogen and oxygen atoms in total. The van der Waals surface area contributed by atoms with Crippen molar-refractivity contribution in [3.05, 3.63) is 42.5 Å². The number of esters is 1. The summed E-state index contributed by atoms with van der Waals surface area (Å²) in [7, 11) is 3.00. The largest absolute Gasteiger partial charge is 0.497 e. The summed E-state index contributed by atoms with van der Waals surface area (Å²) >= 11 is 0. The molecule has 0 heterocycles. The number of ether oxygens (including phenoxy) is 2. The number of hydrogen-bond acceptors (Lipinski definition) is 3. The first kappa shape index (κ1) is 12.3. The Kier molecular flexibility index (Phi) is 4.58. The zero-order chi connectivity index (χ0) is 12.0. The average molecular weight is 220 g/mol. The van der Waals surface area contributed by atoms with E-state index in [1.54, 1.807) is 13.2 Å². The molecule has 0 aliphatic heterocycles. The first-order valence-electron chi connectivity index (χ1n) is 5.05. The minimum Gasteiger partial charge on any atom is -0.497 e. The molecule has 86 valence electrons. The van der Waals surface area contributed by atoms with Gasteiger partial charge in [-0.15, -0.1) is 6.58 Å². The van der Waals surface area contributed by atoms with E-state index in [1.807, 2.05) is 24.3 Å². The van der Waals surface area contributed by atoms with E-state index in [4.69, 9.17) is 9.47 Å². The van der Waals surface area contributed by atoms with Crippen molar-refractivity contribution in [2.75, 3.05) is 14.2 Å². The lowest BCUT2D eigenvalue weighted by Crippen LogP contribution is -2.13. The van der Waals surface area contributed by atoms with E-state index in [-0.39, 0.29) is 11.9 Å². The van der Waals surface area contributed by atoms with Crippen LogP contribution in [0.3, 0.4) is 0 Å². The predicted molar refractivity (Wildman–Crippen MR) is 62.6 cm³/mol. The average Bonchev–Trinajstić information content (AvgIpc) is 2.35. The van der Waals surface area contributed by atoms with Crippen LogP contribution in [0.1, 0.15) is 17.9 Å². The Labute approximate surface area is 95.7 Å². The van der Waals surface area contributed by atoms with Gasteiger partial charge < -0.3 is 9.47 Å². The SMILES string of the molecule is C=CCC(C(=O)OC)c1ccc(OC)cc1. The van der Waals surface area contributed by atoms with Crippen LogP contribution < -0.4 is 4.74 Å². The number of methoxy groups -OCH3 is 2. The van der Waals surface area contributed by atoms with Crippen LogP contribution >= 0.6 is 0 Å². The fourth-order valence-corrected chi connectivity index (χ4v) is 1.51. The molecule has 1 aromatic rings. The molecular weight excluding hydrogens is 204 g/mol. The summed E-state index contributed by atoms with van der Waals surface area (Å²) in [6, 6.07) is 7.39. The second kappa shape index (κ2) is 5.95. The molecule has 0 N–H and O–H groups in total. The van der Waals surface area contributed by atoms with E-state index in [0.29, 0.717) is 6.42 Å². The van der Waals surface area contributed by atoms with Gasteiger partial charge in [0.1, 0.15) is 5.75 Å². The predicted octanol–water partition coefficient (Wildman–Crippen LogP) is 2.53. The van der Waals surface area contributed by atoms with Crippen molar-refractivity contribution in [1.29, 1.82) is 0 Å². The van der Waals surface area contributed by atoms with Crippen LogP contribution in [0, 0.1) is 0 Å². The number of allylic oxidation sites excluding steroid dienone is 1. The zero-order valence-corrected chi connectivity index (χ0v) is 9.60. The number of rotatable bonds is 5. The summed E-state index contributed by atoms with van der Waals surface area (Å²) in [6.07, 6.45) is 2.28. The topological polar surface area (TPSA) is 35.5 Å². The molecule has 0 aliphatic carbocycles. The molecule has 0 saturated carbocycles. The highest BCUT2D eigenvalue weighted by atomic mass is 16.5. The third-order valence-electron chi connectivity index (χ3n) is 2.41. The third-order valence-corrected chi connectivity index (χ3v) is 2.41. The molecule has 0 spiro atoms. The summed E-state index contributed by atoms with van der Waals surface area (Å²) in [5.41, 5.74) is 0.910. The number of carbonyl (C=O) groups excluding carboxylic acids is 1. The van der Waals surface area contributed by atoms with Gasteiger partial charge in [0, 0.05) is 0 Å². The summed E-state index contributed by atoms with van der Waals surface area (Å²) in [5, 5.41) is 0. The fraction of sp³-hybridized carbons (Fsp3) is 0.308. The second-order valence-corrected chi connectivity index (χ2v) is 3.37. The van der Waals surface area contributed by atoms with Gasteiger partial charge >= 0.3 is 5.97 Å². The van der Waals surface area contributed by atoms with Crippen molar-refractivity contribution in [1.82, 2.24) is 0 Å². The lowest BCUT2D eigenvalue weighted by Gasteiger charge is -2.13. The van der Waals surface area contributed by atoms with Gasteiger partial charge in [0.15, 0.2) is 0 Å². The maximum absolute atomic E-state index is 11.6. The molecule has 0 bridgehead atoms. The van der Waals surface area contributed by atoms with Gasteiger partial charge in [-0.2, -0.15) is 0 Å². The molecule has 1 atom stereocenters. The Hall–Kier alpha value is -1.77. The van der Waals surface area contributed by atoms with E-state index in [9.17, 15) is 4.79 Å². The van der Waals surface area contributed by atoms with Gasteiger partial charge in [-0.05, 0) is 24.1 Å². The van der Waals surface area contributed by atoms with Crippen LogP contribution in [0.25, 0.3) is 0 Å². The fourth-order valence-electron chi connectivity index (χ4n) is 1.51. The van der Waals surface area contributed by atoms with E-state index in [1.165, 1.54) is 7.11 Å². The maximum Gasteiger partial charge on any atom is 0.313 e. The Morgan fingerprint density at radius 2 is 2.00 bits per heavy atom. The molecule has 1 unspecified atom stereocenters. The first-order chi connectivity index (χ1) is 7.72. The number of benzene rings is 1. The first-order valence-corrected chi connectivity index (χ1v) is 5.05. The zero-order valence-electron chi connectivity index (χ0n) is 9.60. The molecule has 1 aromatic carbocycles. The maximum atomic E-state index is 11.6. The van der Waals surface area contributed by atoms with Crippen LogP contribution in [0.5, 0.6) is 5.75 Å². The van der Waals surface area contributed by atoms with Gasteiger partial charge in [-0.3, -0.25) is 4.79 Å². The van der Waals surface area contributed by atoms with Crippen molar-refractivity contribution >= 4 is 5.97 Å². The normalized spacial score (nSPS) is 11.6. The van der Waals surface area contributed by atoms with E-state index in [0.717, 1.165) is 11.3 Å². The Bertz CT molecular complexity index is 354. The van der Waals surface area contributed by atoms with Crippen LogP contribution in [0.15, 0.2) is 36.9 Å². The summed E-state index contributed by atoms with van der Waals surface area (Å²) in [6.45, 7) is 3.64. The lowest BCUT2D eigenvalue weighted by atomic mass is 9.96. The van der Waals surface area contributed by atoms with E-state index >= 15 is 0 Å². The molecule has 0 fully saturated rings. The van der Waals surface area contributed by atoms with Crippen LogP contribution in [0.2, 0.25) is 0 Å². The molecular formula is C13H16O3. The van der Waals surface area contributed by atoms with Crippen molar-refractivity contribution < 1.29 is 14.3 Å². The van der Waals surface area contributed by atoms with Crippen molar-refractivity contribution in [2.45, 2.75) is 12.3 Å². The molecule has 1 rings (SSSR count). The highest BCUT2D eigenvalue weighted by Gasteiger charge is 2.19. The molecule has 16 heavy (non-hydrogen) atoms. The molecule has 0 aliphatic rings. The second-order valence-electron chi connectivity index (χ2n) is 3.37. The van der Waals surface area contributed by atoms with Gasteiger partial charge in [0.2, 0.25) is 0 Å². The van der Waals surface area contributed by atoms with Crippen molar-refractivity contribution in [3.8, 4) is 5.75 Å². The Morgan fingerprint density at radius 3 is 2.44 bits per heavy atom. The molecule has 0 saturated heterocycles. The monoisotopic (exact) mass is 220 g/mol. The molecule has 0 radical (unpaired) electrons. The minimum atomic E-state index is -0.284. The van der Waals surface area contributed by atoms with E-state index in [2.05, 4.69) is 6.58 Å².